The molecule has 1 aliphatic heterocycles. The molecule has 0 aromatic heterocycles. The highest BCUT2D eigenvalue weighted by Crippen LogP contribution is 2.35. The van der Waals surface area contributed by atoms with Gasteiger partial charge in [0.2, 0.25) is 0 Å². The molecule has 0 saturated carbocycles. The van der Waals surface area contributed by atoms with Gasteiger partial charge >= 0.3 is 5.97 Å². The van der Waals surface area contributed by atoms with Gasteiger partial charge < -0.3 is 9.59 Å². The zero-order valence-electron chi connectivity index (χ0n) is 12.9. The molecule has 20 heavy (non-hydrogen) atoms. The molecule has 0 spiro atoms. The smallest absolute Gasteiger partial charge is 0.303 e. The van der Waals surface area contributed by atoms with Crippen LogP contribution < -0.4 is 0 Å². The fourth-order valence-corrected chi connectivity index (χ4v) is 4.08. The molecule has 116 valence electrons. The van der Waals surface area contributed by atoms with Crippen molar-refractivity contribution in [3.63, 3.8) is 0 Å². The maximum Gasteiger partial charge on any atom is 0.303 e. The number of aliphatic carboxylic acids is 1. The molecule has 2 atom stereocenters. The second-order valence-corrected chi connectivity index (χ2v) is 6.90. The van der Waals surface area contributed by atoms with E-state index in [1.807, 2.05) is 0 Å². The minimum atomic E-state index is -0.695. The lowest BCUT2D eigenvalue weighted by atomic mass is 9.92. The van der Waals surface area contributed by atoms with Crippen LogP contribution in [0.4, 0.5) is 0 Å². The Morgan fingerprint density at radius 2 is 1.70 bits per heavy atom. The van der Waals surface area contributed by atoms with Gasteiger partial charge in [-0.2, -0.15) is 0 Å². The van der Waals surface area contributed by atoms with Crippen molar-refractivity contribution in [2.24, 2.45) is 11.8 Å². The van der Waals surface area contributed by atoms with E-state index in [4.69, 9.17) is 5.11 Å². The summed E-state index contributed by atoms with van der Waals surface area (Å²) >= 11 is 0. The molecule has 5 heteroatoms. The van der Waals surface area contributed by atoms with E-state index in [1.165, 1.54) is 25.9 Å². The number of hydrogen-bond acceptors (Lipinski definition) is 2. The molecule has 0 radical (unpaired) electrons. The molecule has 0 aliphatic carbocycles. The highest BCUT2D eigenvalue weighted by Gasteiger charge is 2.42. The van der Waals surface area contributed by atoms with Crippen LogP contribution in [0.5, 0.6) is 0 Å². The van der Waals surface area contributed by atoms with Gasteiger partial charge in [0, 0.05) is 30.8 Å². The van der Waals surface area contributed by atoms with Gasteiger partial charge in [0.05, 0.1) is 32.6 Å². The van der Waals surface area contributed by atoms with Gasteiger partial charge in [-0.3, -0.25) is 9.36 Å². The quantitative estimate of drug-likeness (QED) is 0.382. The molecule has 1 N–H and O–H groups in total. The summed E-state index contributed by atoms with van der Waals surface area (Å²) in [7, 11) is 0.235. The first-order chi connectivity index (χ1) is 9.56. The third kappa shape index (κ3) is 5.14. The Morgan fingerprint density at radius 1 is 1.15 bits per heavy atom. The van der Waals surface area contributed by atoms with Gasteiger partial charge in [-0.1, -0.05) is 13.8 Å². The minimum absolute atomic E-state index is 0.235. The lowest BCUT2D eigenvalue weighted by molar-refractivity contribution is -0.919. The Bertz CT molecular complexity index is 310. The molecule has 1 aliphatic rings. The summed E-state index contributed by atoms with van der Waals surface area (Å²) in [6.07, 6.45) is 5.18. The molecule has 2 unspecified atom stereocenters. The summed E-state index contributed by atoms with van der Waals surface area (Å²) < 4.78 is 11.7. The first kappa shape index (κ1) is 17.6. The van der Waals surface area contributed by atoms with Crippen LogP contribution in [0.3, 0.4) is 0 Å². The predicted molar refractivity (Wildman–Crippen MR) is 81.3 cm³/mol. The van der Waals surface area contributed by atoms with E-state index in [1.54, 1.807) is 0 Å². The molecule has 1 fully saturated rings. The molecule has 4 nitrogen and oxygen atoms in total. The third-order valence-corrected chi connectivity index (χ3v) is 5.36. The number of rotatable bonds is 10. The Balaban J connectivity index is 2.64. The van der Waals surface area contributed by atoms with Crippen molar-refractivity contribution in [2.75, 3.05) is 32.3 Å². The Kier molecular flexibility index (Phi) is 7.68. The fraction of sp³-hybridized carbons (Fsp3) is 0.933. The number of hydrogen-bond donors (Lipinski definition) is 1. The zero-order chi connectivity index (χ0) is 15.0. The highest BCUT2D eigenvalue weighted by molar-refractivity contribution is 7.23. The summed E-state index contributed by atoms with van der Waals surface area (Å²) in [4.78, 5) is 10.7. The molecule has 0 bridgehead atoms. The SMILES string of the molecule is CCC1C[N+](CCCP=O)(CCCC(=O)O)CC1CC. The zero-order valence-corrected chi connectivity index (χ0v) is 13.8. The lowest BCUT2D eigenvalue weighted by Gasteiger charge is -2.35. The number of nitrogens with zero attached hydrogens (tertiary/aromatic N) is 1. The first-order valence-corrected chi connectivity index (χ1v) is 8.92. The van der Waals surface area contributed by atoms with E-state index in [2.05, 4.69) is 13.8 Å². The van der Waals surface area contributed by atoms with Crippen LogP contribution in [0.15, 0.2) is 0 Å². The van der Waals surface area contributed by atoms with Gasteiger partial charge in [-0.25, -0.2) is 0 Å². The van der Waals surface area contributed by atoms with Gasteiger partial charge in [0.25, 0.3) is 0 Å². The molecular weight excluding hydrogens is 273 g/mol. The van der Waals surface area contributed by atoms with Crippen LogP contribution in [0.1, 0.15) is 46.0 Å². The normalized spacial score (nSPS) is 29.9. The molecule has 0 aromatic carbocycles. The fourth-order valence-electron chi connectivity index (χ4n) is 3.81. The van der Waals surface area contributed by atoms with Gasteiger partial charge in [0.1, 0.15) is 0 Å². The molecule has 1 heterocycles. The largest absolute Gasteiger partial charge is 0.481 e. The van der Waals surface area contributed by atoms with Gasteiger partial charge in [-0.15, -0.1) is 0 Å². The van der Waals surface area contributed by atoms with Crippen LogP contribution in [0.2, 0.25) is 0 Å². The first-order valence-electron chi connectivity index (χ1n) is 7.93. The predicted octanol–water partition coefficient (Wildman–Crippen LogP) is 3.42. The Hall–Kier alpha value is -0.470. The summed E-state index contributed by atoms with van der Waals surface area (Å²) in [6, 6.07) is 0. The summed E-state index contributed by atoms with van der Waals surface area (Å²) in [5.74, 6) is 0.851. The van der Waals surface area contributed by atoms with E-state index in [9.17, 15) is 9.36 Å². The molecule has 1 rings (SSSR count). The lowest BCUT2D eigenvalue weighted by Crippen LogP contribution is -2.48. The maximum absolute atomic E-state index is 10.7. The number of carboxylic acids is 1. The van der Waals surface area contributed by atoms with Crippen molar-refractivity contribution in [2.45, 2.75) is 46.0 Å². The second-order valence-electron chi connectivity index (χ2n) is 6.19. The summed E-state index contributed by atoms with van der Waals surface area (Å²) in [5.41, 5.74) is 0. The minimum Gasteiger partial charge on any atom is -0.481 e. The Labute approximate surface area is 124 Å². The van der Waals surface area contributed by atoms with E-state index in [0.29, 0.717) is 0 Å². The van der Waals surface area contributed by atoms with E-state index in [0.717, 1.165) is 48.4 Å². The van der Waals surface area contributed by atoms with E-state index >= 15 is 0 Å². The number of carboxylic acid groups (broad SMARTS) is 1. The van der Waals surface area contributed by atoms with E-state index < -0.39 is 5.97 Å². The van der Waals surface area contributed by atoms with Crippen molar-refractivity contribution in [1.29, 1.82) is 0 Å². The van der Waals surface area contributed by atoms with Crippen LogP contribution in [0, 0.1) is 11.8 Å². The van der Waals surface area contributed by atoms with Crippen molar-refractivity contribution in [3.8, 4) is 0 Å². The van der Waals surface area contributed by atoms with Crippen LogP contribution in [-0.4, -0.2) is 47.9 Å². The van der Waals surface area contributed by atoms with Crippen molar-refractivity contribution in [3.05, 3.63) is 0 Å². The second kappa shape index (κ2) is 8.74. The van der Waals surface area contributed by atoms with Crippen molar-refractivity contribution in [1.82, 2.24) is 0 Å². The van der Waals surface area contributed by atoms with Crippen LogP contribution in [0.25, 0.3) is 0 Å². The standard InChI is InChI=1S/C15H28NO3P/c1-3-13-11-16(9-6-10-20-19,12-14(13)4-2)8-5-7-15(17)18/h13-14H,3-12H2,1-2H3/p+1. The summed E-state index contributed by atoms with van der Waals surface area (Å²) in [6.45, 7) is 8.92. The van der Waals surface area contributed by atoms with Crippen LogP contribution >= 0.6 is 8.46 Å². The van der Waals surface area contributed by atoms with Crippen molar-refractivity contribution < 1.29 is 18.9 Å². The van der Waals surface area contributed by atoms with Crippen LogP contribution in [-0.2, 0) is 9.36 Å². The highest BCUT2D eigenvalue weighted by atomic mass is 31.1. The maximum atomic E-state index is 10.7. The van der Waals surface area contributed by atoms with Gasteiger partial charge in [-0.05, 0) is 12.8 Å². The Morgan fingerprint density at radius 3 is 2.15 bits per heavy atom. The molecule has 0 aromatic rings. The molecular formula is C15H29NO3P+. The number of carbonyl (C=O) groups is 1. The number of quaternary nitrogens is 1. The molecule has 0 amide bonds. The van der Waals surface area contributed by atoms with Crippen molar-refractivity contribution >= 4 is 14.4 Å². The third-order valence-electron chi connectivity index (χ3n) is 4.86. The average Bonchev–Trinajstić information content (AvgIpc) is 2.77. The average molecular weight is 302 g/mol. The molecule has 1 saturated heterocycles. The summed E-state index contributed by atoms with van der Waals surface area (Å²) in [5, 5.41) is 8.83. The monoisotopic (exact) mass is 302 g/mol. The topological polar surface area (TPSA) is 54.4 Å². The van der Waals surface area contributed by atoms with Gasteiger partial charge in [0.15, 0.2) is 8.46 Å². The number of likely N-dealkylation sites (tertiary alicyclic amines) is 1. The van der Waals surface area contributed by atoms with E-state index in [-0.39, 0.29) is 14.9 Å².